The van der Waals surface area contributed by atoms with Gasteiger partial charge in [-0.05, 0) is 25.1 Å². The normalized spacial score (nSPS) is 12.9. The molecular formula is C15H15F2N3S. The first-order valence-electron chi connectivity index (χ1n) is 6.68. The van der Waals surface area contributed by atoms with E-state index in [0.29, 0.717) is 18.4 Å². The second-order valence-corrected chi connectivity index (χ2v) is 5.83. The Bertz CT molecular complexity index is 722. The molecule has 1 unspecified atom stereocenters. The molecule has 0 fully saturated rings. The van der Waals surface area contributed by atoms with Crippen molar-refractivity contribution < 1.29 is 8.78 Å². The van der Waals surface area contributed by atoms with Crippen LogP contribution >= 0.6 is 11.3 Å². The molecule has 2 aromatic heterocycles. The number of thiazole rings is 1. The third kappa shape index (κ3) is 3.11. The van der Waals surface area contributed by atoms with E-state index in [-0.39, 0.29) is 6.04 Å². The van der Waals surface area contributed by atoms with Crippen LogP contribution in [0.3, 0.4) is 0 Å². The minimum absolute atomic E-state index is 0.0505. The fourth-order valence-corrected chi connectivity index (χ4v) is 3.07. The maximum Gasteiger partial charge on any atom is 0.193 e. The van der Waals surface area contributed by atoms with Gasteiger partial charge in [0.15, 0.2) is 4.96 Å². The fourth-order valence-electron chi connectivity index (χ4n) is 2.36. The van der Waals surface area contributed by atoms with Gasteiger partial charge in [0.2, 0.25) is 0 Å². The molecule has 3 nitrogen and oxygen atoms in total. The number of hydrogen-bond acceptors (Lipinski definition) is 3. The molecule has 0 bridgehead atoms. The van der Waals surface area contributed by atoms with Crippen molar-refractivity contribution in [2.45, 2.75) is 18.9 Å². The number of halogens is 2. The molecule has 6 heteroatoms. The number of fused-ring (bicyclic) bond motifs is 1. The summed E-state index contributed by atoms with van der Waals surface area (Å²) in [5.41, 5.74) is 1.47. The SMILES string of the molecule is CNC(Cc1cn2ccsc2n1)Cc1ccc(F)cc1F. The molecule has 0 spiro atoms. The van der Waals surface area contributed by atoms with E-state index in [4.69, 9.17) is 0 Å². The Hall–Kier alpha value is -1.79. The van der Waals surface area contributed by atoms with Crippen molar-refractivity contribution in [3.8, 4) is 0 Å². The van der Waals surface area contributed by atoms with Gasteiger partial charge in [0.25, 0.3) is 0 Å². The summed E-state index contributed by atoms with van der Waals surface area (Å²) in [4.78, 5) is 5.48. The van der Waals surface area contributed by atoms with E-state index in [1.54, 1.807) is 11.3 Å². The van der Waals surface area contributed by atoms with Gasteiger partial charge in [0.05, 0.1) is 5.69 Å². The summed E-state index contributed by atoms with van der Waals surface area (Å²) < 4.78 is 28.6. The van der Waals surface area contributed by atoms with Crippen molar-refractivity contribution in [1.29, 1.82) is 0 Å². The summed E-state index contributed by atoms with van der Waals surface area (Å²) in [6.07, 6.45) is 5.14. The molecule has 21 heavy (non-hydrogen) atoms. The van der Waals surface area contributed by atoms with E-state index >= 15 is 0 Å². The lowest BCUT2D eigenvalue weighted by Crippen LogP contribution is -2.30. The summed E-state index contributed by atoms with van der Waals surface area (Å²) in [5, 5.41) is 5.15. The van der Waals surface area contributed by atoms with E-state index in [1.165, 1.54) is 12.1 Å². The van der Waals surface area contributed by atoms with Crippen LogP contribution in [0.4, 0.5) is 8.78 Å². The quantitative estimate of drug-likeness (QED) is 0.785. The maximum atomic E-state index is 13.7. The van der Waals surface area contributed by atoms with E-state index in [2.05, 4.69) is 10.3 Å². The second kappa shape index (κ2) is 5.91. The number of likely N-dealkylation sites (N-methyl/N-ethyl adjacent to an activating group) is 1. The van der Waals surface area contributed by atoms with Crippen molar-refractivity contribution >= 4 is 16.3 Å². The molecule has 3 rings (SSSR count). The lowest BCUT2D eigenvalue weighted by molar-refractivity contribution is 0.521. The molecule has 0 aliphatic heterocycles. The zero-order valence-corrected chi connectivity index (χ0v) is 12.3. The highest BCUT2D eigenvalue weighted by Crippen LogP contribution is 2.16. The number of hydrogen-bond donors (Lipinski definition) is 1. The topological polar surface area (TPSA) is 29.3 Å². The highest BCUT2D eigenvalue weighted by molar-refractivity contribution is 7.15. The van der Waals surface area contributed by atoms with Crippen molar-refractivity contribution in [1.82, 2.24) is 14.7 Å². The maximum absolute atomic E-state index is 13.7. The molecule has 0 saturated carbocycles. The average Bonchev–Trinajstić information content (AvgIpc) is 3.01. The molecule has 1 N–H and O–H groups in total. The van der Waals surface area contributed by atoms with Gasteiger partial charge in [-0.15, -0.1) is 11.3 Å². The van der Waals surface area contributed by atoms with Gasteiger partial charge < -0.3 is 5.32 Å². The molecule has 0 saturated heterocycles. The van der Waals surface area contributed by atoms with Crippen molar-refractivity contribution in [2.75, 3.05) is 7.05 Å². The molecule has 0 radical (unpaired) electrons. The Kier molecular flexibility index (Phi) is 3.98. The number of rotatable bonds is 5. The predicted molar refractivity (Wildman–Crippen MR) is 79.7 cm³/mol. The third-order valence-corrected chi connectivity index (χ3v) is 4.26. The molecular weight excluding hydrogens is 292 g/mol. The van der Waals surface area contributed by atoms with E-state index in [9.17, 15) is 8.78 Å². The molecule has 0 aliphatic rings. The van der Waals surface area contributed by atoms with Crippen LogP contribution in [0.15, 0.2) is 36.0 Å². The lowest BCUT2D eigenvalue weighted by atomic mass is 10.0. The average molecular weight is 307 g/mol. The Morgan fingerprint density at radius 3 is 2.90 bits per heavy atom. The summed E-state index contributed by atoms with van der Waals surface area (Å²) in [7, 11) is 1.84. The van der Waals surface area contributed by atoms with Crippen LogP contribution in [-0.2, 0) is 12.8 Å². The first kappa shape index (κ1) is 14.2. The first-order valence-corrected chi connectivity index (χ1v) is 7.56. The highest BCUT2D eigenvalue weighted by atomic mass is 32.1. The fraction of sp³-hybridized carbons (Fsp3) is 0.267. The van der Waals surface area contributed by atoms with E-state index in [0.717, 1.165) is 16.7 Å². The number of nitrogens with zero attached hydrogens (tertiary/aromatic N) is 2. The predicted octanol–water partition coefficient (Wildman–Crippen LogP) is 3.05. The Morgan fingerprint density at radius 2 is 2.19 bits per heavy atom. The van der Waals surface area contributed by atoms with Gasteiger partial charge in [-0.3, -0.25) is 4.40 Å². The summed E-state index contributed by atoms with van der Waals surface area (Å²) in [6.45, 7) is 0. The van der Waals surface area contributed by atoms with Gasteiger partial charge in [0, 0.05) is 36.3 Å². The zero-order valence-electron chi connectivity index (χ0n) is 11.5. The molecule has 1 aromatic carbocycles. The molecule has 2 heterocycles. The monoisotopic (exact) mass is 307 g/mol. The Balaban J connectivity index is 1.74. The van der Waals surface area contributed by atoms with E-state index in [1.807, 2.05) is 29.2 Å². The molecule has 110 valence electrons. The van der Waals surface area contributed by atoms with Crippen LogP contribution in [-0.4, -0.2) is 22.5 Å². The minimum Gasteiger partial charge on any atom is -0.316 e. The van der Waals surface area contributed by atoms with Crippen LogP contribution in [0.5, 0.6) is 0 Å². The van der Waals surface area contributed by atoms with Crippen LogP contribution in [0.1, 0.15) is 11.3 Å². The molecule has 0 aliphatic carbocycles. The van der Waals surface area contributed by atoms with Gasteiger partial charge in [-0.1, -0.05) is 6.07 Å². The van der Waals surface area contributed by atoms with Crippen LogP contribution in [0.25, 0.3) is 4.96 Å². The molecule has 1 atom stereocenters. The number of aromatic nitrogens is 2. The zero-order chi connectivity index (χ0) is 14.8. The standard InChI is InChI=1S/C15H15F2N3S/c1-18-12(6-10-2-3-11(16)7-14(10)17)8-13-9-20-4-5-21-15(20)19-13/h2-5,7,9,12,18H,6,8H2,1H3. The van der Waals surface area contributed by atoms with Gasteiger partial charge >= 0.3 is 0 Å². The summed E-state index contributed by atoms with van der Waals surface area (Å²) >= 11 is 1.58. The van der Waals surface area contributed by atoms with Gasteiger partial charge in [0.1, 0.15) is 11.6 Å². The highest BCUT2D eigenvalue weighted by Gasteiger charge is 2.14. The minimum atomic E-state index is -0.549. The lowest BCUT2D eigenvalue weighted by Gasteiger charge is -2.15. The van der Waals surface area contributed by atoms with Gasteiger partial charge in [-0.2, -0.15) is 0 Å². The first-order chi connectivity index (χ1) is 10.2. The number of nitrogens with one attached hydrogen (secondary N) is 1. The smallest absolute Gasteiger partial charge is 0.193 e. The third-order valence-electron chi connectivity index (χ3n) is 3.49. The Morgan fingerprint density at radius 1 is 1.33 bits per heavy atom. The number of benzene rings is 1. The summed E-state index contributed by atoms with van der Waals surface area (Å²) in [5.74, 6) is -1.05. The van der Waals surface area contributed by atoms with Crippen LogP contribution in [0.2, 0.25) is 0 Å². The largest absolute Gasteiger partial charge is 0.316 e. The van der Waals surface area contributed by atoms with Crippen LogP contribution in [0, 0.1) is 11.6 Å². The van der Waals surface area contributed by atoms with Crippen molar-refractivity contribution in [3.05, 3.63) is 58.9 Å². The van der Waals surface area contributed by atoms with Crippen LogP contribution < -0.4 is 5.32 Å². The second-order valence-electron chi connectivity index (χ2n) is 4.95. The van der Waals surface area contributed by atoms with Crippen molar-refractivity contribution in [2.24, 2.45) is 0 Å². The molecule has 3 aromatic rings. The van der Waals surface area contributed by atoms with Crippen molar-refractivity contribution in [3.63, 3.8) is 0 Å². The Labute approximate surface area is 125 Å². The summed E-state index contributed by atoms with van der Waals surface area (Å²) in [6, 6.07) is 3.77. The van der Waals surface area contributed by atoms with Gasteiger partial charge in [-0.25, -0.2) is 13.8 Å². The van der Waals surface area contributed by atoms with E-state index < -0.39 is 11.6 Å². The molecule has 0 amide bonds. The number of imidazole rings is 1.